The monoisotopic (exact) mass is 1310 g/mol. The van der Waals surface area contributed by atoms with Gasteiger partial charge in [0.25, 0.3) is 0 Å². The Morgan fingerprint density at radius 2 is 1.60 bits per heavy atom. The van der Waals surface area contributed by atoms with Crippen LogP contribution < -0.4 is 21.3 Å². The molecule has 4 aromatic rings. The Labute approximate surface area is 546 Å². The van der Waals surface area contributed by atoms with Gasteiger partial charge in [0.2, 0.25) is 23.6 Å². The number of hydrogen-bond acceptors (Lipinski definition) is 19. The number of carbonyl (C=O) groups is 8. The van der Waals surface area contributed by atoms with E-state index in [1.54, 1.807) is 45.0 Å². The Bertz CT molecular complexity index is 3400. The first-order chi connectivity index (χ1) is 44.3. The molecule has 5 amide bonds. The number of halogens is 1. The predicted molar refractivity (Wildman–Crippen MR) is 340 cm³/mol. The number of likely N-dealkylation sites (N-methyl/N-ethyl adjacent to an activating group) is 2. The van der Waals surface area contributed by atoms with Crippen molar-refractivity contribution in [3.05, 3.63) is 135 Å². The number of primary amides is 1. The predicted octanol–water partition coefficient (Wildman–Crippen LogP) is 6.36. The summed E-state index contributed by atoms with van der Waals surface area (Å²) in [5, 5.41) is 17.4. The SMILES string of the molecule is CO[C@@H]1/C=C/C=C(\C)Cc2cc(C)c(Cl)c(c2)N(C)C(=O)C[C@H](OC(=O)[C@H](C)N(C)C(=O)CCOCCOCCNC(=O)[C@H](CC(N)=O)CC(=O)OCc2cocc2CN(C)CC(=O)OCC2c3ccccc3-c3ccccc32)[C@]2(C)OC2[C@H](C)[C@@H]2C[C@]1(O)NC(=O)O2. The summed E-state index contributed by atoms with van der Waals surface area (Å²) in [4.78, 5) is 110. The first-order valence-electron chi connectivity index (χ1n) is 31.0. The third kappa shape index (κ3) is 18.0. The van der Waals surface area contributed by atoms with Crippen LogP contribution in [0.1, 0.15) is 99.1 Å². The number of furan rings is 1. The van der Waals surface area contributed by atoms with Gasteiger partial charge in [0.1, 0.15) is 43.2 Å². The summed E-state index contributed by atoms with van der Waals surface area (Å²) >= 11 is 6.84. The van der Waals surface area contributed by atoms with Crippen molar-refractivity contribution in [2.24, 2.45) is 17.6 Å². The van der Waals surface area contributed by atoms with Crippen LogP contribution in [-0.4, -0.2) is 179 Å². The lowest BCUT2D eigenvalue weighted by Gasteiger charge is -2.42. The molecule has 8 rings (SSSR count). The van der Waals surface area contributed by atoms with Gasteiger partial charge < -0.3 is 68.3 Å². The molecule has 0 radical (unpaired) electrons. The van der Waals surface area contributed by atoms with Crippen LogP contribution in [0.3, 0.4) is 0 Å². The van der Waals surface area contributed by atoms with E-state index in [2.05, 4.69) is 34.9 Å². The quantitative estimate of drug-likeness (QED) is 0.0230. The summed E-state index contributed by atoms with van der Waals surface area (Å²) in [6, 6.07) is 18.8. The Morgan fingerprint density at radius 3 is 2.29 bits per heavy atom. The normalized spacial score (nSPS) is 23.5. The number of epoxide rings is 1. The Morgan fingerprint density at radius 1 is 0.925 bits per heavy atom. The molecule has 1 unspecified atom stereocenters. The zero-order valence-corrected chi connectivity index (χ0v) is 54.8. The van der Waals surface area contributed by atoms with Crippen LogP contribution in [0, 0.1) is 18.8 Å². The van der Waals surface area contributed by atoms with Gasteiger partial charge in [-0.1, -0.05) is 96.9 Å². The van der Waals surface area contributed by atoms with Gasteiger partial charge in [0, 0.05) is 70.1 Å². The maximum absolute atomic E-state index is 14.3. The zero-order valence-electron chi connectivity index (χ0n) is 54.1. The van der Waals surface area contributed by atoms with Crippen molar-refractivity contribution < 1.29 is 85.8 Å². The number of hydrogen-bond donors (Lipinski definition) is 4. The van der Waals surface area contributed by atoms with E-state index in [0.29, 0.717) is 28.3 Å². The van der Waals surface area contributed by atoms with Gasteiger partial charge in [0.05, 0.1) is 87.5 Å². The molecule has 4 aliphatic rings. The third-order valence-electron chi connectivity index (χ3n) is 17.6. The molecule has 3 aromatic carbocycles. The van der Waals surface area contributed by atoms with Crippen LogP contribution >= 0.6 is 11.6 Å². The molecule has 9 atom stereocenters. The van der Waals surface area contributed by atoms with E-state index < -0.39 is 114 Å². The summed E-state index contributed by atoms with van der Waals surface area (Å²) in [5.41, 5.74) is 10.9. The van der Waals surface area contributed by atoms with Gasteiger partial charge in [-0.25, -0.2) is 9.59 Å². The number of allylic oxidation sites excluding steroid dienone is 3. The topological polar surface area (TPSA) is 307 Å². The number of ether oxygens (including phenoxy) is 8. The molecule has 1 aromatic heterocycles. The smallest absolute Gasteiger partial charge is 0.409 e. The van der Waals surface area contributed by atoms with Crippen molar-refractivity contribution in [3.63, 3.8) is 0 Å². The van der Waals surface area contributed by atoms with Gasteiger partial charge in [-0.3, -0.25) is 39.0 Å². The Balaban J connectivity index is 0.754. The summed E-state index contributed by atoms with van der Waals surface area (Å²) in [6.45, 7) is 9.14. The van der Waals surface area contributed by atoms with Gasteiger partial charge in [-0.15, -0.1) is 0 Å². The minimum atomic E-state index is -1.88. The number of nitrogens with zero attached hydrogens (tertiary/aromatic N) is 3. The number of fused-ring (bicyclic) bond motifs is 8. The first kappa shape index (κ1) is 70.9. The van der Waals surface area contributed by atoms with E-state index in [1.807, 2.05) is 56.3 Å². The number of esters is 3. The molecule has 5 N–H and O–H groups in total. The highest BCUT2D eigenvalue weighted by Gasteiger charge is 2.64. The van der Waals surface area contributed by atoms with Crippen molar-refractivity contribution in [3.8, 4) is 11.1 Å². The molecule has 502 valence electrons. The fourth-order valence-electron chi connectivity index (χ4n) is 12.1. The summed E-state index contributed by atoms with van der Waals surface area (Å²) in [6.07, 6.45) is 2.50. The number of rotatable bonds is 26. The van der Waals surface area contributed by atoms with Crippen molar-refractivity contribution >= 4 is 64.9 Å². The lowest BCUT2D eigenvalue weighted by Crippen LogP contribution is -2.63. The lowest BCUT2D eigenvalue weighted by molar-refractivity contribution is -0.162. The molecule has 1 aliphatic carbocycles. The number of aliphatic hydroxyl groups is 1. The molecule has 4 bridgehead atoms. The first-order valence-corrected chi connectivity index (χ1v) is 31.4. The Hall–Kier alpha value is -7.97. The molecule has 3 aliphatic heterocycles. The maximum atomic E-state index is 14.3. The number of benzene rings is 3. The third-order valence-corrected chi connectivity index (χ3v) is 18.1. The van der Waals surface area contributed by atoms with Crippen LogP contribution in [0.15, 0.2) is 101 Å². The number of aryl methyl sites for hydroxylation is 1. The Kier molecular flexibility index (Phi) is 24.2. The minimum Gasteiger partial charge on any atom is -0.472 e. The number of nitrogens with two attached hydrogens (primary N) is 1. The average Bonchev–Trinajstić information content (AvgIpc) is 1.60. The number of methoxy groups -OCH3 is 1. The highest BCUT2D eigenvalue weighted by atomic mass is 35.5. The van der Waals surface area contributed by atoms with Crippen molar-refractivity contribution in [1.29, 1.82) is 0 Å². The number of nitrogens with one attached hydrogen (secondary N) is 2. The number of amides is 5. The number of alkyl carbamates (subject to hydrolysis) is 1. The molecule has 2 saturated heterocycles. The molecular weight excluding hydrogens is 1220 g/mol. The second kappa shape index (κ2) is 31.8. The van der Waals surface area contributed by atoms with Gasteiger partial charge in [-0.2, -0.15) is 0 Å². The molecular formula is C68H85ClN6O18. The summed E-state index contributed by atoms with van der Waals surface area (Å²) < 4.78 is 51.8. The molecule has 4 heterocycles. The summed E-state index contributed by atoms with van der Waals surface area (Å²) in [7, 11) is 6.19. The molecule has 0 saturated carbocycles. The molecule has 0 spiro atoms. The van der Waals surface area contributed by atoms with E-state index in [4.69, 9.17) is 59.6 Å². The van der Waals surface area contributed by atoms with Gasteiger partial charge >= 0.3 is 24.0 Å². The van der Waals surface area contributed by atoms with E-state index in [0.717, 1.165) is 39.0 Å². The van der Waals surface area contributed by atoms with Crippen LogP contribution in [0.25, 0.3) is 11.1 Å². The fourth-order valence-corrected chi connectivity index (χ4v) is 12.3. The van der Waals surface area contributed by atoms with E-state index in [1.165, 1.54) is 43.4 Å². The van der Waals surface area contributed by atoms with Gasteiger partial charge in [-0.05, 0) is 80.6 Å². The van der Waals surface area contributed by atoms with Crippen molar-refractivity contribution in [1.82, 2.24) is 20.4 Å². The molecule has 93 heavy (non-hydrogen) atoms. The highest BCUT2D eigenvalue weighted by molar-refractivity contribution is 6.34. The van der Waals surface area contributed by atoms with Crippen LogP contribution in [-0.2, 0) is 91.0 Å². The van der Waals surface area contributed by atoms with Crippen LogP contribution in [0.2, 0.25) is 5.02 Å². The maximum Gasteiger partial charge on any atom is 0.409 e. The zero-order chi connectivity index (χ0) is 67.3. The van der Waals surface area contributed by atoms with E-state index >= 15 is 0 Å². The van der Waals surface area contributed by atoms with Crippen molar-refractivity contribution in [2.45, 2.75) is 134 Å². The molecule has 25 heteroatoms. The number of carbonyl (C=O) groups excluding carboxylic acids is 8. The fraction of sp³-hybridized carbons (Fsp3) is 0.500. The van der Waals surface area contributed by atoms with E-state index in [-0.39, 0.29) is 84.5 Å². The average molecular weight is 1310 g/mol. The summed E-state index contributed by atoms with van der Waals surface area (Å²) in [5.74, 6) is -6.08. The van der Waals surface area contributed by atoms with E-state index in [9.17, 15) is 43.5 Å². The minimum absolute atomic E-state index is 0.0128. The molecule has 24 nitrogen and oxygen atoms in total. The van der Waals surface area contributed by atoms with Crippen molar-refractivity contribution in [2.75, 3.05) is 79.3 Å². The second-order valence-electron chi connectivity index (χ2n) is 24.5. The second-order valence-corrected chi connectivity index (χ2v) is 24.9. The largest absolute Gasteiger partial charge is 0.472 e. The number of anilines is 1. The van der Waals surface area contributed by atoms with Gasteiger partial charge in [0.15, 0.2) is 5.72 Å². The highest BCUT2D eigenvalue weighted by Crippen LogP contribution is 2.49. The molecule has 2 fully saturated rings. The standard InChI is InChI=1S/C68H85ClN6O18/c1-40-15-14-20-55(85-9)68(84)33-54(91-66(83)72-68)42(3)63-67(5,93-63)56(32-59(78)75(8)53-29-44(27-40)28-41(2)62(53)69)92-65(82)43(4)74(7)58(77)21-23-86-25-26-87-24-22-71-64(81)45(30-57(70)76)31-60(79)89-38-47-37-88-36-46(47)34-73(6)35-61(80)90-39-52-50-18-12-10-16-48(50)49-17-11-13-19-51(49)52/h10-20,28-29,36-37,42-43,45,52,54-56,63,84H,21-27,30-35,38-39H2,1-9H3,(H2,70,76)(H,71,81)(H,72,83)/b20-14+,40-15+/t42-,43+,45-,54+,55-,56+,63?,67+,68-/m1/s1. The lowest BCUT2D eigenvalue weighted by atomic mass is 9.83. The van der Waals surface area contributed by atoms with Crippen LogP contribution in [0.4, 0.5) is 10.5 Å². The van der Waals surface area contributed by atoms with Crippen LogP contribution in [0.5, 0.6) is 0 Å².